The molecular weight excluding hydrogens is 208 g/mol. The average Bonchev–Trinajstić information content (AvgIpc) is 2.67. The molecule has 1 aliphatic rings. The monoisotopic (exact) mass is 226 g/mol. The minimum atomic E-state index is 0. The molecule has 1 aliphatic heterocycles. The van der Waals surface area contributed by atoms with Gasteiger partial charge < -0.3 is 10.2 Å². The van der Waals surface area contributed by atoms with Gasteiger partial charge in [-0.2, -0.15) is 0 Å². The summed E-state index contributed by atoms with van der Waals surface area (Å²) in [6.07, 6.45) is 0. The first-order valence-electron chi connectivity index (χ1n) is 5.21. The summed E-state index contributed by atoms with van der Waals surface area (Å²) in [6.45, 7) is 2.21. The highest BCUT2D eigenvalue weighted by Crippen LogP contribution is 2.24. The van der Waals surface area contributed by atoms with E-state index in [1.165, 1.54) is 5.56 Å². The summed E-state index contributed by atoms with van der Waals surface area (Å²) in [4.78, 5) is 2.32. The van der Waals surface area contributed by atoms with Gasteiger partial charge in [-0.1, -0.05) is 30.3 Å². The number of nitrogens with one attached hydrogen (secondary N) is 1. The predicted molar refractivity (Wildman–Crippen MR) is 66.8 cm³/mol. The summed E-state index contributed by atoms with van der Waals surface area (Å²) in [7, 11) is 4.32. The lowest BCUT2D eigenvalue weighted by Gasteiger charge is -2.25. The van der Waals surface area contributed by atoms with E-state index in [1.807, 2.05) is 0 Å². The summed E-state index contributed by atoms with van der Waals surface area (Å²) in [5.41, 5.74) is 1.45. The number of hydrogen-bond acceptors (Lipinski definition) is 2. The molecule has 1 saturated heterocycles. The molecule has 0 radical (unpaired) electrons. The number of nitrogens with zero attached hydrogens (tertiary/aromatic N) is 1. The molecule has 0 amide bonds. The maximum Gasteiger partial charge on any atom is 0.0295 e. The zero-order valence-electron chi connectivity index (χ0n) is 9.31. The molecule has 0 spiro atoms. The molecule has 1 heterocycles. The Bertz CT molecular complexity index is 287. The number of likely N-dealkylation sites (N-methyl/N-ethyl adjacent to an activating group) is 1. The van der Waals surface area contributed by atoms with E-state index >= 15 is 0 Å². The van der Waals surface area contributed by atoms with Crippen LogP contribution in [0.25, 0.3) is 0 Å². The second kappa shape index (κ2) is 5.50. The van der Waals surface area contributed by atoms with Gasteiger partial charge >= 0.3 is 0 Å². The van der Waals surface area contributed by atoms with Crippen LogP contribution in [0.2, 0.25) is 0 Å². The number of benzene rings is 1. The highest BCUT2D eigenvalue weighted by molar-refractivity contribution is 5.85. The first-order valence-corrected chi connectivity index (χ1v) is 5.21. The molecule has 1 fully saturated rings. The van der Waals surface area contributed by atoms with Crippen LogP contribution in [-0.4, -0.2) is 38.1 Å². The molecule has 2 unspecified atom stereocenters. The molecule has 3 heteroatoms. The van der Waals surface area contributed by atoms with E-state index < -0.39 is 0 Å². The van der Waals surface area contributed by atoms with Crippen molar-refractivity contribution in [1.82, 2.24) is 10.2 Å². The summed E-state index contributed by atoms with van der Waals surface area (Å²) >= 11 is 0. The highest BCUT2D eigenvalue weighted by Gasteiger charge is 2.29. The summed E-state index contributed by atoms with van der Waals surface area (Å²) in [5, 5.41) is 3.46. The molecule has 0 saturated carbocycles. The number of hydrogen-bond donors (Lipinski definition) is 1. The quantitative estimate of drug-likeness (QED) is 0.827. The Balaban J connectivity index is 0.00000112. The van der Waals surface area contributed by atoms with E-state index in [0.717, 1.165) is 13.1 Å². The third-order valence-electron chi connectivity index (χ3n) is 3.07. The lowest BCUT2D eigenvalue weighted by atomic mass is 9.94. The molecular formula is C12H19ClN2. The Morgan fingerprint density at radius 3 is 2.40 bits per heavy atom. The van der Waals surface area contributed by atoms with E-state index in [1.54, 1.807) is 0 Å². The van der Waals surface area contributed by atoms with Gasteiger partial charge in [0.1, 0.15) is 0 Å². The van der Waals surface area contributed by atoms with Crippen molar-refractivity contribution in [3.8, 4) is 0 Å². The van der Waals surface area contributed by atoms with Crippen molar-refractivity contribution in [1.29, 1.82) is 0 Å². The standard InChI is InChI=1S/C12H18N2.ClH/c1-14(2)12-9-13-8-11(12)10-6-4-3-5-7-10;/h3-7,11-13H,8-9H2,1-2H3;1H. The lowest BCUT2D eigenvalue weighted by molar-refractivity contribution is 0.291. The summed E-state index contributed by atoms with van der Waals surface area (Å²) in [6, 6.07) is 11.4. The van der Waals surface area contributed by atoms with Crippen molar-refractivity contribution >= 4 is 12.4 Å². The molecule has 0 bridgehead atoms. The molecule has 1 N–H and O–H groups in total. The lowest BCUT2D eigenvalue weighted by Crippen LogP contribution is -2.33. The van der Waals surface area contributed by atoms with Gasteiger partial charge in [0, 0.05) is 25.0 Å². The maximum atomic E-state index is 3.46. The fourth-order valence-corrected chi connectivity index (χ4v) is 2.25. The van der Waals surface area contributed by atoms with Crippen molar-refractivity contribution in [2.75, 3.05) is 27.2 Å². The van der Waals surface area contributed by atoms with Gasteiger partial charge in [-0.15, -0.1) is 12.4 Å². The van der Waals surface area contributed by atoms with Gasteiger partial charge in [0.15, 0.2) is 0 Å². The second-order valence-corrected chi connectivity index (χ2v) is 4.21. The molecule has 2 nitrogen and oxygen atoms in total. The largest absolute Gasteiger partial charge is 0.314 e. The maximum absolute atomic E-state index is 3.46. The Labute approximate surface area is 98.1 Å². The van der Waals surface area contributed by atoms with Crippen LogP contribution in [0.1, 0.15) is 11.5 Å². The Hall–Kier alpha value is -0.570. The number of rotatable bonds is 2. The molecule has 0 aliphatic carbocycles. The minimum absolute atomic E-state index is 0. The third-order valence-corrected chi connectivity index (χ3v) is 3.07. The van der Waals surface area contributed by atoms with E-state index in [-0.39, 0.29) is 12.4 Å². The zero-order valence-corrected chi connectivity index (χ0v) is 10.1. The fourth-order valence-electron chi connectivity index (χ4n) is 2.25. The van der Waals surface area contributed by atoms with Gasteiger partial charge in [0.25, 0.3) is 0 Å². The van der Waals surface area contributed by atoms with Gasteiger partial charge in [-0.25, -0.2) is 0 Å². The molecule has 15 heavy (non-hydrogen) atoms. The van der Waals surface area contributed by atoms with E-state index in [2.05, 4.69) is 54.6 Å². The van der Waals surface area contributed by atoms with Crippen molar-refractivity contribution in [2.24, 2.45) is 0 Å². The molecule has 1 aromatic carbocycles. The SMILES string of the molecule is CN(C)C1CNCC1c1ccccc1.Cl. The van der Waals surface area contributed by atoms with Crippen LogP contribution in [-0.2, 0) is 0 Å². The average molecular weight is 227 g/mol. The Morgan fingerprint density at radius 1 is 1.13 bits per heavy atom. The minimum Gasteiger partial charge on any atom is -0.314 e. The van der Waals surface area contributed by atoms with Crippen molar-refractivity contribution in [2.45, 2.75) is 12.0 Å². The third kappa shape index (κ3) is 2.71. The van der Waals surface area contributed by atoms with Crippen LogP contribution in [0.4, 0.5) is 0 Å². The summed E-state index contributed by atoms with van der Waals surface area (Å²) < 4.78 is 0. The van der Waals surface area contributed by atoms with Gasteiger partial charge in [-0.3, -0.25) is 0 Å². The zero-order chi connectivity index (χ0) is 9.97. The molecule has 2 rings (SSSR count). The van der Waals surface area contributed by atoms with Gasteiger partial charge in [0.2, 0.25) is 0 Å². The van der Waals surface area contributed by atoms with Crippen molar-refractivity contribution < 1.29 is 0 Å². The first-order chi connectivity index (χ1) is 6.79. The second-order valence-electron chi connectivity index (χ2n) is 4.21. The van der Waals surface area contributed by atoms with Crippen molar-refractivity contribution in [3.05, 3.63) is 35.9 Å². The topological polar surface area (TPSA) is 15.3 Å². The molecule has 84 valence electrons. The van der Waals surface area contributed by atoms with Crippen LogP contribution in [0.3, 0.4) is 0 Å². The van der Waals surface area contributed by atoms with Crippen LogP contribution in [0.5, 0.6) is 0 Å². The van der Waals surface area contributed by atoms with Crippen LogP contribution < -0.4 is 5.32 Å². The fraction of sp³-hybridized carbons (Fsp3) is 0.500. The Morgan fingerprint density at radius 2 is 1.80 bits per heavy atom. The van der Waals surface area contributed by atoms with E-state index in [0.29, 0.717) is 12.0 Å². The molecule has 2 atom stereocenters. The molecule has 0 aromatic heterocycles. The Kier molecular flexibility index (Phi) is 4.58. The van der Waals surface area contributed by atoms with Gasteiger partial charge in [-0.05, 0) is 19.7 Å². The smallest absolute Gasteiger partial charge is 0.0295 e. The first kappa shape index (κ1) is 12.5. The van der Waals surface area contributed by atoms with Crippen LogP contribution >= 0.6 is 12.4 Å². The van der Waals surface area contributed by atoms with Gasteiger partial charge in [0.05, 0.1) is 0 Å². The number of halogens is 1. The molecule has 1 aromatic rings. The van der Waals surface area contributed by atoms with Crippen LogP contribution in [0, 0.1) is 0 Å². The highest BCUT2D eigenvalue weighted by atomic mass is 35.5. The van der Waals surface area contributed by atoms with Crippen LogP contribution in [0.15, 0.2) is 30.3 Å². The van der Waals surface area contributed by atoms with E-state index in [4.69, 9.17) is 0 Å². The van der Waals surface area contributed by atoms with E-state index in [9.17, 15) is 0 Å². The normalized spacial score (nSPS) is 25.3. The van der Waals surface area contributed by atoms with Crippen molar-refractivity contribution in [3.63, 3.8) is 0 Å². The predicted octanol–water partition coefficient (Wildman–Crippen LogP) is 1.73. The summed E-state index contributed by atoms with van der Waals surface area (Å²) in [5.74, 6) is 0.645.